The molecule has 0 spiro atoms. The molecule has 2 aromatic rings. The van der Waals surface area contributed by atoms with Gasteiger partial charge < -0.3 is 15.1 Å². The summed E-state index contributed by atoms with van der Waals surface area (Å²) in [5, 5.41) is 3.10. The second kappa shape index (κ2) is 8.82. The van der Waals surface area contributed by atoms with Crippen LogP contribution in [0.15, 0.2) is 48.5 Å². The Balaban J connectivity index is 1.52. The number of carbonyl (C=O) groups excluding carboxylic acids is 2. The molecule has 2 aromatic carbocycles. The van der Waals surface area contributed by atoms with Gasteiger partial charge in [0.15, 0.2) is 6.54 Å². The third kappa shape index (κ3) is 4.74. The Morgan fingerprint density at radius 1 is 1.04 bits per heavy atom. The number of carbonyl (C=O) groups is 2. The summed E-state index contributed by atoms with van der Waals surface area (Å²) in [5.74, 6) is 0.114. The van der Waals surface area contributed by atoms with E-state index in [0.717, 1.165) is 41.9 Å². The monoisotopic (exact) mass is 366 g/mol. The second-order valence-electron chi connectivity index (χ2n) is 7.10. The number of benzene rings is 2. The van der Waals surface area contributed by atoms with Gasteiger partial charge in [-0.2, -0.15) is 0 Å². The number of para-hydroxylation sites is 1. The minimum absolute atomic E-state index is 0.0387. The lowest BCUT2D eigenvalue weighted by Crippen LogP contribution is -3.15. The first-order valence-corrected chi connectivity index (χ1v) is 9.64. The number of piperazine rings is 1. The van der Waals surface area contributed by atoms with E-state index >= 15 is 0 Å². The molecule has 2 N–H and O–H groups in total. The molecule has 5 heteroatoms. The minimum Gasteiger partial charge on any atom is -0.327 e. The fourth-order valence-corrected chi connectivity index (χ4v) is 3.58. The summed E-state index contributed by atoms with van der Waals surface area (Å²) < 4.78 is 0. The first kappa shape index (κ1) is 19.1. The number of rotatable bonds is 5. The standard InChI is InChI=1S/C22H27N3O2/c1-3-18-11-7-8-17(2)21(18)23-20(26)16-24-12-14-25(15-13-24)22(27)19-9-5-4-6-10-19/h4-11H,3,12-16H2,1-2H3,(H,23,26)/p+1. The highest BCUT2D eigenvalue weighted by atomic mass is 16.2. The van der Waals surface area contributed by atoms with Gasteiger partial charge in [0.1, 0.15) is 0 Å². The van der Waals surface area contributed by atoms with Crippen LogP contribution in [0.1, 0.15) is 28.4 Å². The molecule has 2 amide bonds. The number of quaternary nitrogens is 1. The number of hydrogen-bond donors (Lipinski definition) is 2. The molecule has 3 rings (SSSR count). The molecule has 27 heavy (non-hydrogen) atoms. The molecule has 0 aromatic heterocycles. The number of nitrogens with zero attached hydrogens (tertiary/aromatic N) is 1. The molecule has 0 radical (unpaired) electrons. The summed E-state index contributed by atoms with van der Waals surface area (Å²) in [5.41, 5.74) is 3.93. The first-order chi connectivity index (χ1) is 13.1. The van der Waals surface area contributed by atoms with Crippen molar-refractivity contribution in [2.45, 2.75) is 20.3 Å². The fraction of sp³-hybridized carbons (Fsp3) is 0.364. The zero-order valence-corrected chi connectivity index (χ0v) is 16.1. The third-order valence-electron chi connectivity index (χ3n) is 5.19. The minimum atomic E-state index is 0.0387. The van der Waals surface area contributed by atoms with Crippen LogP contribution in [0.3, 0.4) is 0 Å². The van der Waals surface area contributed by atoms with E-state index < -0.39 is 0 Å². The van der Waals surface area contributed by atoms with Gasteiger partial charge in [-0.1, -0.05) is 43.3 Å². The van der Waals surface area contributed by atoms with Gasteiger partial charge in [-0.15, -0.1) is 0 Å². The average molecular weight is 366 g/mol. The molecule has 0 aliphatic carbocycles. The fourth-order valence-electron chi connectivity index (χ4n) is 3.58. The number of hydrogen-bond acceptors (Lipinski definition) is 2. The molecule has 5 nitrogen and oxygen atoms in total. The highest BCUT2D eigenvalue weighted by Crippen LogP contribution is 2.20. The van der Waals surface area contributed by atoms with Crippen molar-refractivity contribution in [3.63, 3.8) is 0 Å². The van der Waals surface area contributed by atoms with Gasteiger partial charge >= 0.3 is 0 Å². The van der Waals surface area contributed by atoms with Crippen molar-refractivity contribution in [3.8, 4) is 0 Å². The summed E-state index contributed by atoms with van der Waals surface area (Å²) in [6.45, 7) is 7.50. The van der Waals surface area contributed by atoms with Gasteiger partial charge in [0.05, 0.1) is 26.2 Å². The highest BCUT2D eigenvalue weighted by molar-refractivity contribution is 5.94. The van der Waals surface area contributed by atoms with Gasteiger partial charge in [-0.25, -0.2) is 0 Å². The zero-order chi connectivity index (χ0) is 19.2. The van der Waals surface area contributed by atoms with E-state index in [1.807, 2.05) is 54.3 Å². The number of anilines is 1. The van der Waals surface area contributed by atoms with E-state index in [1.54, 1.807) is 0 Å². The predicted molar refractivity (Wildman–Crippen MR) is 107 cm³/mol. The Hall–Kier alpha value is -2.66. The van der Waals surface area contributed by atoms with Gasteiger partial charge in [0, 0.05) is 11.3 Å². The Morgan fingerprint density at radius 3 is 2.41 bits per heavy atom. The van der Waals surface area contributed by atoms with Crippen LogP contribution >= 0.6 is 0 Å². The SMILES string of the molecule is CCc1cccc(C)c1NC(=O)C[NH+]1CCN(C(=O)c2ccccc2)CC1. The largest absolute Gasteiger partial charge is 0.327 e. The topological polar surface area (TPSA) is 53.9 Å². The van der Waals surface area contributed by atoms with Crippen molar-refractivity contribution in [1.29, 1.82) is 0 Å². The van der Waals surface area contributed by atoms with Crippen LogP contribution in [0.2, 0.25) is 0 Å². The quantitative estimate of drug-likeness (QED) is 0.843. The maximum Gasteiger partial charge on any atom is 0.279 e. The van der Waals surface area contributed by atoms with Crippen molar-refractivity contribution in [1.82, 2.24) is 4.90 Å². The lowest BCUT2D eigenvalue weighted by molar-refractivity contribution is -0.895. The molecular formula is C22H28N3O2+. The van der Waals surface area contributed by atoms with E-state index in [1.165, 1.54) is 4.90 Å². The van der Waals surface area contributed by atoms with Gasteiger partial charge in [0.2, 0.25) is 0 Å². The summed E-state index contributed by atoms with van der Waals surface area (Å²) >= 11 is 0. The van der Waals surface area contributed by atoms with Crippen LogP contribution < -0.4 is 10.2 Å². The summed E-state index contributed by atoms with van der Waals surface area (Å²) in [4.78, 5) is 28.1. The van der Waals surface area contributed by atoms with Crippen LogP contribution in [0.25, 0.3) is 0 Å². The van der Waals surface area contributed by atoms with E-state index in [0.29, 0.717) is 19.6 Å². The number of aryl methyl sites for hydroxylation is 2. The second-order valence-corrected chi connectivity index (χ2v) is 7.10. The maximum absolute atomic E-state index is 12.5. The van der Waals surface area contributed by atoms with Gasteiger partial charge in [-0.3, -0.25) is 9.59 Å². The molecule has 0 atom stereocenters. The average Bonchev–Trinajstić information content (AvgIpc) is 2.70. The lowest BCUT2D eigenvalue weighted by atomic mass is 10.1. The van der Waals surface area contributed by atoms with E-state index in [9.17, 15) is 9.59 Å². The van der Waals surface area contributed by atoms with Crippen molar-refractivity contribution in [2.75, 3.05) is 38.0 Å². The number of nitrogens with one attached hydrogen (secondary N) is 2. The van der Waals surface area contributed by atoms with Crippen LogP contribution in [-0.4, -0.2) is 49.4 Å². The molecule has 0 bridgehead atoms. The molecule has 1 aliphatic rings. The summed E-state index contributed by atoms with van der Waals surface area (Å²) in [7, 11) is 0. The molecule has 0 saturated carbocycles. The molecule has 1 fully saturated rings. The van der Waals surface area contributed by atoms with Crippen LogP contribution in [0, 0.1) is 6.92 Å². The third-order valence-corrected chi connectivity index (χ3v) is 5.19. The van der Waals surface area contributed by atoms with Crippen molar-refractivity contribution in [3.05, 3.63) is 65.2 Å². The molecular weight excluding hydrogens is 338 g/mol. The smallest absolute Gasteiger partial charge is 0.279 e. The van der Waals surface area contributed by atoms with Crippen molar-refractivity contribution in [2.24, 2.45) is 0 Å². The lowest BCUT2D eigenvalue weighted by Gasteiger charge is -2.32. The van der Waals surface area contributed by atoms with E-state index in [2.05, 4.69) is 18.3 Å². The Bertz CT molecular complexity index is 796. The van der Waals surface area contributed by atoms with Crippen molar-refractivity contribution < 1.29 is 14.5 Å². The molecule has 142 valence electrons. The zero-order valence-electron chi connectivity index (χ0n) is 16.1. The molecule has 1 saturated heterocycles. The molecule has 0 unspecified atom stereocenters. The van der Waals surface area contributed by atoms with Crippen molar-refractivity contribution >= 4 is 17.5 Å². The Labute approximate surface area is 161 Å². The van der Waals surface area contributed by atoms with Gasteiger partial charge in [-0.05, 0) is 36.6 Å². The van der Waals surface area contributed by atoms with Crippen LogP contribution in [0.4, 0.5) is 5.69 Å². The molecule has 1 aliphatic heterocycles. The Kier molecular flexibility index (Phi) is 6.24. The summed E-state index contributed by atoms with van der Waals surface area (Å²) in [6.07, 6.45) is 0.893. The van der Waals surface area contributed by atoms with E-state index in [-0.39, 0.29) is 11.8 Å². The predicted octanol–water partition coefficient (Wildman–Crippen LogP) is 1.54. The first-order valence-electron chi connectivity index (χ1n) is 9.64. The molecule has 1 heterocycles. The summed E-state index contributed by atoms with van der Waals surface area (Å²) in [6, 6.07) is 15.5. The highest BCUT2D eigenvalue weighted by Gasteiger charge is 2.26. The van der Waals surface area contributed by atoms with E-state index in [4.69, 9.17) is 0 Å². The Morgan fingerprint density at radius 2 is 1.74 bits per heavy atom. The van der Waals surface area contributed by atoms with Gasteiger partial charge in [0.25, 0.3) is 11.8 Å². The number of amides is 2. The normalized spacial score (nSPS) is 14.8. The maximum atomic E-state index is 12.5. The van der Waals surface area contributed by atoms with Crippen LogP contribution in [-0.2, 0) is 11.2 Å². The van der Waals surface area contributed by atoms with Crippen LogP contribution in [0.5, 0.6) is 0 Å².